The molecule has 13 N–H and O–H groups in total. The average Bonchev–Trinajstić information content (AvgIpc) is 2.82. The molecule has 0 aliphatic rings. The summed E-state index contributed by atoms with van der Waals surface area (Å²) in [4.78, 5) is 53.6. The van der Waals surface area contributed by atoms with Gasteiger partial charge in [0.2, 0.25) is 17.7 Å². The van der Waals surface area contributed by atoms with E-state index in [1.807, 2.05) is 0 Å². The van der Waals surface area contributed by atoms with Crippen molar-refractivity contribution in [1.29, 1.82) is 0 Å². The van der Waals surface area contributed by atoms with Gasteiger partial charge in [-0.3, -0.25) is 19.4 Å². The first-order chi connectivity index (χ1) is 17.7. The molecule has 0 aliphatic heterocycles. The van der Waals surface area contributed by atoms with Gasteiger partial charge < -0.3 is 53.6 Å². The zero-order chi connectivity index (χ0) is 29.0. The fraction of sp³-hybridized carbons (Fsp3) is 0.522. The van der Waals surface area contributed by atoms with Crippen LogP contribution in [0.5, 0.6) is 5.75 Å². The summed E-state index contributed by atoms with van der Waals surface area (Å²) in [5.74, 6) is -4.23. The minimum atomic E-state index is -1.69. The number of hydrogen-bond donors (Lipinski definition) is 10. The van der Waals surface area contributed by atoms with E-state index < -0.39 is 60.1 Å². The zero-order valence-corrected chi connectivity index (χ0v) is 21.2. The lowest BCUT2D eigenvalue weighted by Gasteiger charge is -2.27. The number of aliphatic hydroxyl groups excluding tert-OH is 2. The van der Waals surface area contributed by atoms with Gasteiger partial charge in [0.05, 0.1) is 18.2 Å². The molecule has 212 valence electrons. The minimum Gasteiger partial charge on any atom is -0.508 e. The third-order valence-corrected chi connectivity index (χ3v) is 5.42. The van der Waals surface area contributed by atoms with Gasteiger partial charge in [0, 0.05) is 6.54 Å². The maximum absolute atomic E-state index is 13.1. The van der Waals surface area contributed by atoms with Crippen LogP contribution >= 0.6 is 0 Å². The van der Waals surface area contributed by atoms with Gasteiger partial charge in [-0.2, -0.15) is 0 Å². The summed E-state index contributed by atoms with van der Waals surface area (Å²) >= 11 is 0. The summed E-state index contributed by atoms with van der Waals surface area (Å²) in [6, 6.07) is 0.478. The molecule has 15 heteroatoms. The highest BCUT2D eigenvalue weighted by molar-refractivity contribution is 5.94. The molecule has 0 fully saturated rings. The number of aliphatic imine (C=N–C) groups is 1. The molecule has 1 aromatic rings. The first-order valence-electron chi connectivity index (χ1n) is 11.8. The highest BCUT2D eigenvalue weighted by Gasteiger charge is 2.34. The Balaban J connectivity index is 3.00. The van der Waals surface area contributed by atoms with Crippen molar-refractivity contribution < 1.29 is 39.6 Å². The van der Waals surface area contributed by atoms with Gasteiger partial charge in [-0.25, -0.2) is 4.79 Å². The molecule has 0 spiro atoms. The molecule has 3 amide bonds. The predicted octanol–water partition coefficient (Wildman–Crippen LogP) is -3.38. The number of aliphatic hydroxyl groups is 2. The number of carbonyl (C=O) groups is 4. The molecule has 0 aliphatic carbocycles. The number of nitrogens with zero attached hydrogens (tertiary/aromatic N) is 1. The van der Waals surface area contributed by atoms with Crippen LogP contribution in [0.2, 0.25) is 0 Å². The second kappa shape index (κ2) is 15.3. The molecule has 15 nitrogen and oxygen atoms in total. The highest BCUT2D eigenvalue weighted by atomic mass is 16.4. The molecule has 38 heavy (non-hydrogen) atoms. The van der Waals surface area contributed by atoms with E-state index in [4.69, 9.17) is 17.2 Å². The number of guanidine groups is 1. The molecule has 6 unspecified atom stereocenters. The number of hydrogen-bond acceptors (Lipinski definition) is 9. The number of carbonyl (C=O) groups excluding carboxylic acids is 3. The number of rotatable bonds is 15. The maximum Gasteiger partial charge on any atom is 0.328 e. The number of amides is 3. The van der Waals surface area contributed by atoms with E-state index in [1.165, 1.54) is 19.1 Å². The number of carboxylic acid groups (broad SMARTS) is 1. The Bertz CT molecular complexity index is 980. The van der Waals surface area contributed by atoms with Crippen molar-refractivity contribution in [3.63, 3.8) is 0 Å². The van der Waals surface area contributed by atoms with Gasteiger partial charge in [0.15, 0.2) is 12.0 Å². The lowest BCUT2D eigenvalue weighted by Crippen LogP contribution is -2.61. The number of aromatic hydroxyl groups is 1. The molecule has 1 aromatic carbocycles. The number of nitrogens with two attached hydrogens (primary N) is 3. The fourth-order valence-electron chi connectivity index (χ4n) is 3.32. The van der Waals surface area contributed by atoms with Crippen LogP contribution in [0, 0.1) is 0 Å². The van der Waals surface area contributed by atoms with Crippen molar-refractivity contribution in [1.82, 2.24) is 16.0 Å². The minimum absolute atomic E-state index is 0.0276. The van der Waals surface area contributed by atoms with Crippen molar-refractivity contribution in [3.8, 4) is 5.75 Å². The van der Waals surface area contributed by atoms with Crippen molar-refractivity contribution in [2.75, 3.05) is 6.54 Å². The summed E-state index contributed by atoms with van der Waals surface area (Å²) in [5, 5.41) is 45.2. The monoisotopic (exact) mass is 539 g/mol. The lowest BCUT2D eigenvalue weighted by molar-refractivity contribution is -0.146. The van der Waals surface area contributed by atoms with Crippen molar-refractivity contribution in [2.24, 2.45) is 22.2 Å². The first kappa shape index (κ1) is 32.1. The summed E-state index contributed by atoms with van der Waals surface area (Å²) in [5.41, 5.74) is 17.3. The van der Waals surface area contributed by atoms with Crippen LogP contribution in [0.25, 0.3) is 0 Å². The normalized spacial score (nSPS) is 15.6. The van der Waals surface area contributed by atoms with E-state index in [0.29, 0.717) is 5.56 Å². The molecule has 0 heterocycles. The second-order valence-corrected chi connectivity index (χ2v) is 8.78. The van der Waals surface area contributed by atoms with E-state index in [2.05, 4.69) is 20.9 Å². The van der Waals surface area contributed by atoms with E-state index in [9.17, 15) is 39.6 Å². The van der Waals surface area contributed by atoms with Crippen LogP contribution in [-0.2, 0) is 25.6 Å². The molecule has 6 atom stereocenters. The topological polar surface area (TPSA) is 276 Å². The summed E-state index contributed by atoms with van der Waals surface area (Å²) in [6.45, 7) is 2.48. The summed E-state index contributed by atoms with van der Waals surface area (Å²) in [6.07, 6.45) is -2.54. The van der Waals surface area contributed by atoms with Gasteiger partial charge in [-0.1, -0.05) is 12.1 Å². The number of carboxylic acids is 1. The van der Waals surface area contributed by atoms with Gasteiger partial charge in [-0.05, 0) is 50.8 Å². The fourth-order valence-corrected chi connectivity index (χ4v) is 3.32. The van der Waals surface area contributed by atoms with E-state index in [-0.39, 0.29) is 37.5 Å². The van der Waals surface area contributed by atoms with Crippen LogP contribution < -0.4 is 33.2 Å². The van der Waals surface area contributed by atoms with Crippen molar-refractivity contribution in [3.05, 3.63) is 29.8 Å². The van der Waals surface area contributed by atoms with E-state index in [0.717, 1.165) is 6.92 Å². The Morgan fingerprint density at radius 3 is 1.95 bits per heavy atom. The number of phenolic OH excluding ortho intramolecular Hbond substituents is 1. The van der Waals surface area contributed by atoms with Gasteiger partial charge in [0.25, 0.3) is 0 Å². The predicted molar refractivity (Wildman–Crippen MR) is 136 cm³/mol. The molecule has 0 radical (unpaired) electrons. The molecule has 0 saturated heterocycles. The Morgan fingerprint density at radius 2 is 1.45 bits per heavy atom. The van der Waals surface area contributed by atoms with E-state index >= 15 is 0 Å². The standard InChI is InChI=1S/C23H37N7O8/c1-11(31)17(21(36)30-18(12(2)32)22(37)38)29-20(35)16(4-3-9-27-23(25)26)28-19(34)15(24)10-13-5-7-14(33)8-6-13/h5-8,11-12,15-18,31-33H,3-4,9-10,24H2,1-2H3,(H,28,34)(H,29,35)(H,30,36)(H,37,38)(H4,25,26,27). The first-order valence-corrected chi connectivity index (χ1v) is 11.8. The maximum atomic E-state index is 13.1. The Morgan fingerprint density at radius 1 is 0.895 bits per heavy atom. The summed E-state index contributed by atoms with van der Waals surface area (Å²) in [7, 11) is 0. The lowest BCUT2D eigenvalue weighted by atomic mass is 10.0. The zero-order valence-electron chi connectivity index (χ0n) is 21.2. The number of aliphatic carboxylic acids is 1. The van der Waals surface area contributed by atoms with Crippen molar-refractivity contribution >= 4 is 29.7 Å². The molecule has 0 bridgehead atoms. The molecular weight excluding hydrogens is 502 g/mol. The van der Waals surface area contributed by atoms with Crippen LogP contribution in [-0.4, -0.2) is 93.0 Å². The smallest absolute Gasteiger partial charge is 0.328 e. The molecule has 0 aromatic heterocycles. The molecule has 1 rings (SSSR count). The SMILES string of the molecule is CC(O)C(NC(=O)C(NC(=O)C(CCCN=C(N)N)NC(=O)C(N)Cc1ccc(O)cc1)C(C)O)C(=O)O. The summed E-state index contributed by atoms with van der Waals surface area (Å²) < 4.78 is 0. The van der Waals surface area contributed by atoms with Gasteiger partial charge in [-0.15, -0.1) is 0 Å². The van der Waals surface area contributed by atoms with Gasteiger partial charge >= 0.3 is 5.97 Å². The van der Waals surface area contributed by atoms with Crippen LogP contribution in [0.4, 0.5) is 0 Å². The van der Waals surface area contributed by atoms with Crippen LogP contribution in [0.3, 0.4) is 0 Å². The van der Waals surface area contributed by atoms with Crippen molar-refractivity contribution in [2.45, 2.75) is 69.5 Å². The Hall–Kier alpha value is -3.95. The largest absolute Gasteiger partial charge is 0.508 e. The average molecular weight is 540 g/mol. The van der Waals surface area contributed by atoms with Gasteiger partial charge in [0.1, 0.15) is 17.8 Å². The third-order valence-electron chi connectivity index (χ3n) is 5.42. The number of benzene rings is 1. The van der Waals surface area contributed by atoms with Crippen LogP contribution in [0.15, 0.2) is 29.3 Å². The number of phenols is 1. The second-order valence-electron chi connectivity index (χ2n) is 8.78. The van der Waals surface area contributed by atoms with Crippen LogP contribution in [0.1, 0.15) is 32.3 Å². The van der Waals surface area contributed by atoms with E-state index in [1.54, 1.807) is 12.1 Å². The molecular formula is C23H37N7O8. The Kier molecular flexibility index (Phi) is 12.9. The third kappa shape index (κ3) is 11.0. The quantitative estimate of drug-likeness (QED) is 0.0596. The molecule has 0 saturated carbocycles. The Labute approximate surface area is 219 Å². The number of nitrogens with one attached hydrogen (secondary N) is 3. The highest BCUT2D eigenvalue weighted by Crippen LogP contribution is 2.11.